The van der Waals surface area contributed by atoms with Crippen LogP contribution < -0.4 is 10.2 Å². The Morgan fingerprint density at radius 3 is 2.95 bits per heavy atom. The van der Waals surface area contributed by atoms with Crippen LogP contribution >= 0.6 is 23.4 Å². The van der Waals surface area contributed by atoms with Gasteiger partial charge in [-0.2, -0.15) is 0 Å². The van der Waals surface area contributed by atoms with Gasteiger partial charge in [0.05, 0.1) is 5.69 Å². The van der Waals surface area contributed by atoms with E-state index in [-0.39, 0.29) is 0 Å². The van der Waals surface area contributed by atoms with Crippen molar-refractivity contribution in [1.29, 1.82) is 0 Å². The summed E-state index contributed by atoms with van der Waals surface area (Å²) in [4.78, 5) is 4.82. The predicted octanol–water partition coefficient (Wildman–Crippen LogP) is 4.75. The van der Waals surface area contributed by atoms with Crippen molar-refractivity contribution in [2.75, 3.05) is 25.0 Å². The number of halogens is 1. The van der Waals surface area contributed by atoms with Gasteiger partial charge >= 0.3 is 0 Å². The Kier molecular flexibility index (Phi) is 6.43. The number of allylic oxidation sites excluding steroid dienone is 4. The van der Waals surface area contributed by atoms with Gasteiger partial charge in [0.15, 0.2) is 0 Å². The highest BCUT2D eigenvalue weighted by Gasteiger charge is 2.16. The van der Waals surface area contributed by atoms with Crippen molar-refractivity contribution in [1.82, 2.24) is 5.32 Å². The SMILES string of the molecule is C/C=C(Cl)\C=C/C1=CN(CCCNC)c2ccccc2S1. The zero-order valence-corrected chi connectivity index (χ0v) is 14.0. The minimum atomic E-state index is 0.761. The zero-order chi connectivity index (χ0) is 15.1. The maximum Gasteiger partial charge on any atom is 0.0548 e. The Morgan fingerprint density at radius 2 is 2.19 bits per heavy atom. The summed E-state index contributed by atoms with van der Waals surface area (Å²) in [6.45, 7) is 3.97. The fraction of sp³-hybridized carbons (Fsp3) is 0.294. The molecule has 1 N–H and O–H groups in total. The number of nitrogens with one attached hydrogen (secondary N) is 1. The third-order valence-electron chi connectivity index (χ3n) is 3.19. The summed E-state index contributed by atoms with van der Waals surface area (Å²) in [5.74, 6) is 0. The molecule has 0 aliphatic carbocycles. The van der Waals surface area contributed by atoms with Gasteiger partial charge in [-0.3, -0.25) is 0 Å². The van der Waals surface area contributed by atoms with Crippen LogP contribution in [0.2, 0.25) is 0 Å². The van der Waals surface area contributed by atoms with Crippen LogP contribution in [-0.2, 0) is 0 Å². The van der Waals surface area contributed by atoms with Gasteiger partial charge in [0.25, 0.3) is 0 Å². The molecule has 0 radical (unpaired) electrons. The van der Waals surface area contributed by atoms with Gasteiger partial charge in [-0.25, -0.2) is 0 Å². The number of fused-ring (bicyclic) bond motifs is 1. The molecule has 2 rings (SSSR count). The van der Waals surface area contributed by atoms with Crippen LogP contribution in [0.3, 0.4) is 0 Å². The summed E-state index contributed by atoms with van der Waals surface area (Å²) in [6, 6.07) is 8.53. The van der Waals surface area contributed by atoms with Gasteiger partial charge in [0, 0.05) is 27.6 Å². The van der Waals surface area contributed by atoms with Crippen LogP contribution in [0.4, 0.5) is 5.69 Å². The number of anilines is 1. The second-order valence-electron chi connectivity index (χ2n) is 4.76. The maximum atomic E-state index is 6.04. The lowest BCUT2D eigenvalue weighted by Gasteiger charge is -2.28. The Morgan fingerprint density at radius 1 is 1.38 bits per heavy atom. The molecule has 1 aromatic rings. The van der Waals surface area contributed by atoms with Crippen LogP contribution in [0.25, 0.3) is 0 Å². The second-order valence-corrected chi connectivity index (χ2v) is 6.31. The predicted molar refractivity (Wildman–Crippen MR) is 95.0 cm³/mol. The third-order valence-corrected chi connectivity index (χ3v) is 4.58. The Balaban J connectivity index is 2.18. The highest BCUT2D eigenvalue weighted by Crippen LogP contribution is 2.40. The Bertz CT molecular complexity index is 564. The van der Waals surface area contributed by atoms with E-state index in [1.807, 2.05) is 26.1 Å². The molecule has 0 fully saturated rings. The van der Waals surface area contributed by atoms with Crippen LogP contribution in [0.1, 0.15) is 13.3 Å². The first-order valence-electron chi connectivity index (χ1n) is 7.14. The summed E-state index contributed by atoms with van der Waals surface area (Å²) in [6.07, 6.45) is 9.23. The summed E-state index contributed by atoms with van der Waals surface area (Å²) in [5, 5.41) is 3.96. The molecule has 112 valence electrons. The fourth-order valence-electron chi connectivity index (χ4n) is 2.10. The third kappa shape index (κ3) is 4.67. The second kappa shape index (κ2) is 8.32. The molecule has 0 aromatic heterocycles. The van der Waals surface area contributed by atoms with Crippen LogP contribution in [0.15, 0.2) is 63.5 Å². The molecule has 0 unspecified atom stereocenters. The lowest BCUT2D eigenvalue weighted by molar-refractivity contribution is 0.719. The number of para-hydroxylation sites is 1. The van der Waals surface area contributed by atoms with E-state index in [2.05, 4.69) is 46.8 Å². The minimum Gasteiger partial charge on any atom is -0.346 e. The molecule has 0 saturated carbocycles. The van der Waals surface area contributed by atoms with Crippen molar-refractivity contribution in [3.8, 4) is 0 Å². The topological polar surface area (TPSA) is 15.3 Å². The first kappa shape index (κ1) is 16.2. The number of thioether (sulfide) groups is 1. The summed E-state index contributed by atoms with van der Waals surface area (Å²) >= 11 is 7.82. The number of benzene rings is 1. The summed E-state index contributed by atoms with van der Waals surface area (Å²) in [5.41, 5.74) is 1.29. The number of nitrogens with zero attached hydrogens (tertiary/aromatic N) is 1. The van der Waals surface area contributed by atoms with Gasteiger partial charge in [-0.05, 0) is 51.2 Å². The van der Waals surface area contributed by atoms with Gasteiger partial charge in [-0.1, -0.05) is 41.6 Å². The summed E-state index contributed by atoms with van der Waals surface area (Å²) < 4.78 is 0. The lowest BCUT2D eigenvalue weighted by atomic mass is 10.2. The zero-order valence-electron chi connectivity index (χ0n) is 12.5. The smallest absolute Gasteiger partial charge is 0.0548 e. The highest BCUT2D eigenvalue weighted by atomic mass is 35.5. The van der Waals surface area contributed by atoms with Gasteiger partial charge in [0.1, 0.15) is 0 Å². The van der Waals surface area contributed by atoms with E-state index < -0.39 is 0 Å². The standard InChI is InChI=1S/C17H21ClN2S/c1-3-14(18)9-10-15-13-20(12-6-11-19-2)16-7-4-5-8-17(16)21-15/h3-5,7-10,13,19H,6,11-12H2,1-2H3/b10-9-,14-3+. The van der Waals surface area contributed by atoms with Crippen molar-refractivity contribution < 1.29 is 0 Å². The molecule has 1 aromatic carbocycles. The molecule has 0 amide bonds. The van der Waals surface area contributed by atoms with Gasteiger partial charge in [-0.15, -0.1) is 0 Å². The fourth-order valence-corrected chi connectivity index (χ4v) is 3.17. The van der Waals surface area contributed by atoms with Crippen molar-refractivity contribution in [3.63, 3.8) is 0 Å². The molecule has 0 spiro atoms. The van der Waals surface area contributed by atoms with E-state index in [0.29, 0.717) is 0 Å². The van der Waals surface area contributed by atoms with E-state index in [9.17, 15) is 0 Å². The monoisotopic (exact) mass is 320 g/mol. The van der Waals surface area contributed by atoms with Crippen molar-refractivity contribution >= 4 is 29.1 Å². The van der Waals surface area contributed by atoms with Gasteiger partial charge < -0.3 is 10.2 Å². The average molecular weight is 321 g/mol. The van der Waals surface area contributed by atoms with Crippen LogP contribution in [-0.4, -0.2) is 20.1 Å². The van der Waals surface area contributed by atoms with Crippen molar-refractivity contribution in [2.45, 2.75) is 18.2 Å². The molecule has 2 nitrogen and oxygen atoms in total. The van der Waals surface area contributed by atoms with Gasteiger partial charge in [0.2, 0.25) is 0 Å². The summed E-state index contributed by atoms with van der Waals surface area (Å²) in [7, 11) is 1.99. The van der Waals surface area contributed by atoms with E-state index in [1.165, 1.54) is 15.5 Å². The van der Waals surface area contributed by atoms with E-state index in [4.69, 9.17) is 11.6 Å². The molecule has 21 heavy (non-hydrogen) atoms. The molecule has 0 saturated heterocycles. The molecule has 0 atom stereocenters. The minimum absolute atomic E-state index is 0.761. The van der Waals surface area contributed by atoms with Crippen LogP contribution in [0, 0.1) is 0 Å². The van der Waals surface area contributed by atoms with Crippen molar-refractivity contribution in [2.24, 2.45) is 0 Å². The molecule has 4 heteroatoms. The van der Waals surface area contributed by atoms with Crippen molar-refractivity contribution in [3.05, 3.63) is 58.6 Å². The normalized spacial score (nSPS) is 15.3. The Hall–Kier alpha value is -1.16. The van der Waals surface area contributed by atoms with E-state index >= 15 is 0 Å². The van der Waals surface area contributed by atoms with E-state index in [0.717, 1.165) is 24.5 Å². The quantitative estimate of drug-likeness (QED) is 0.601. The number of hydrogen-bond donors (Lipinski definition) is 1. The van der Waals surface area contributed by atoms with Crippen LogP contribution in [0.5, 0.6) is 0 Å². The lowest BCUT2D eigenvalue weighted by Crippen LogP contribution is -2.23. The molecule has 1 heterocycles. The molecule has 1 aliphatic heterocycles. The molecular formula is C17H21ClN2S. The van der Waals surface area contributed by atoms with E-state index in [1.54, 1.807) is 11.8 Å². The Labute approximate surface area is 136 Å². The largest absolute Gasteiger partial charge is 0.346 e. The number of rotatable bonds is 6. The maximum absolute atomic E-state index is 6.04. The highest BCUT2D eigenvalue weighted by molar-refractivity contribution is 8.03. The number of hydrogen-bond acceptors (Lipinski definition) is 3. The first-order valence-corrected chi connectivity index (χ1v) is 8.34. The molecule has 0 bridgehead atoms. The average Bonchev–Trinajstić information content (AvgIpc) is 2.52. The molecule has 1 aliphatic rings. The molecular weight excluding hydrogens is 300 g/mol. The first-order chi connectivity index (χ1) is 10.2.